The van der Waals surface area contributed by atoms with E-state index in [1.54, 1.807) is 20.3 Å². The quantitative estimate of drug-likeness (QED) is 0.854. The first-order valence-electron chi connectivity index (χ1n) is 6.97. The Kier molecular flexibility index (Phi) is 3.38. The van der Waals surface area contributed by atoms with E-state index in [-0.39, 0.29) is 11.7 Å². The summed E-state index contributed by atoms with van der Waals surface area (Å²) in [5.74, 6) is 1.91. The van der Waals surface area contributed by atoms with Crippen LogP contribution in [0, 0.1) is 5.92 Å². The number of nitrogens with one attached hydrogen (secondary N) is 1. The van der Waals surface area contributed by atoms with E-state index in [2.05, 4.69) is 5.32 Å². The van der Waals surface area contributed by atoms with Gasteiger partial charge in [-0.15, -0.1) is 0 Å². The van der Waals surface area contributed by atoms with E-state index in [0.717, 1.165) is 42.8 Å². The van der Waals surface area contributed by atoms with Gasteiger partial charge in [0.25, 0.3) is 0 Å². The van der Waals surface area contributed by atoms with Crippen LogP contribution in [0.2, 0.25) is 0 Å². The van der Waals surface area contributed by atoms with E-state index in [1.807, 2.05) is 12.1 Å². The molecular weight excluding hydrogens is 254 g/mol. The molecule has 4 nitrogen and oxygen atoms in total. The zero-order valence-electron chi connectivity index (χ0n) is 11.9. The van der Waals surface area contributed by atoms with Gasteiger partial charge in [-0.2, -0.15) is 0 Å². The van der Waals surface area contributed by atoms with Crippen molar-refractivity contribution in [2.75, 3.05) is 20.8 Å². The number of carbonyl (C=O) groups is 1. The third-order valence-corrected chi connectivity index (χ3v) is 3.88. The third kappa shape index (κ3) is 2.38. The molecule has 2 aliphatic rings. The third-order valence-electron chi connectivity index (χ3n) is 3.88. The van der Waals surface area contributed by atoms with Crippen molar-refractivity contribution < 1.29 is 14.3 Å². The van der Waals surface area contributed by atoms with Crippen LogP contribution in [0.4, 0.5) is 0 Å². The normalized spacial score (nSPS) is 19.2. The molecule has 0 amide bonds. The fourth-order valence-corrected chi connectivity index (χ4v) is 2.56. The average molecular weight is 273 g/mol. The number of rotatable bonds is 4. The summed E-state index contributed by atoms with van der Waals surface area (Å²) >= 11 is 0. The highest BCUT2D eigenvalue weighted by Crippen LogP contribution is 2.36. The summed E-state index contributed by atoms with van der Waals surface area (Å²) < 4.78 is 10.7. The lowest BCUT2D eigenvalue weighted by molar-refractivity contribution is -0.115. The molecule has 0 atom stereocenters. The van der Waals surface area contributed by atoms with Crippen LogP contribution >= 0.6 is 0 Å². The summed E-state index contributed by atoms with van der Waals surface area (Å²) in [6.45, 7) is 0.840. The maximum absolute atomic E-state index is 12.0. The molecule has 1 aromatic rings. The molecule has 20 heavy (non-hydrogen) atoms. The number of fused-ring (bicyclic) bond motifs is 1. The number of allylic oxidation sites excluding steroid dienone is 1. The van der Waals surface area contributed by atoms with Crippen LogP contribution < -0.4 is 14.8 Å². The second-order valence-corrected chi connectivity index (χ2v) is 5.28. The first-order valence-corrected chi connectivity index (χ1v) is 6.97. The van der Waals surface area contributed by atoms with Crippen molar-refractivity contribution in [2.45, 2.75) is 19.3 Å². The lowest BCUT2D eigenvalue weighted by Crippen LogP contribution is -2.23. The lowest BCUT2D eigenvalue weighted by atomic mass is 9.96. The Labute approximate surface area is 118 Å². The molecule has 0 aromatic heterocycles. The molecule has 0 unspecified atom stereocenters. The molecule has 0 saturated heterocycles. The molecule has 106 valence electrons. The van der Waals surface area contributed by atoms with Gasteiger partial charge in [0.05, 0.1) is 14.2 Å². The van der Waals surface area contributed by atoms with Gasteiger partial charge in [-0.05, 0) is 37.0 Å². The van der Waals surface area contributed by atoms with Gasteiger partial charge in [0.15, 0.2) is 17.3 Å². The van der Waals surface area contributed by atoms with Crippen LogP contribution in [-0.4, -0.2) is 26.5 Å². The van der Waals surface area contributed by atoms with Crippen LogP contribution in [0.1, 0.15) is 24.0 Å². The van der Waals surface area contributed by atoms with Crippen LogP contribution in [0.5, 0.6) is 11.5 Å². The molecule has 1 N–H and O–H groups in total. The number of ketones is 1. The van der Waals surface area contributed by atoms with Crippen molar-refractivity contribution in [2.24, 2.45) is 5.92 Å². The number of ether oxygens (including phenoxy) is 2. The minimum absolute atomic E-state index is 0.232. The maximum Gasteiger partial charge on any atom is 0.161 e. The van der Waals surface area contributed by atoms with Gasteiger partial charge < -0.3 is 14.8 Å². The smallest absolute Gasteiger partial charge is 0.161 e. The van der Waals surface area contributed by atoms with Crippen molar-refractivity contribution in [3.63, 3.8) is 0 Å². The van der Waals surface area contributed by atoms with E-state index in [0.29, 0.717) is 5.75 Å². The molecule has 1 saturated carbocycles. The van der Waals surface area contributed by atoms with E-state index in [9.17, 15) is 4.79 Å². The van der Waals surface area contributed by atoms with Gasteiger partial charge in [-0.25, -0.2) is 0 Å². The average Bonchev–Trinajstić information content (AvgIpc) is 3.30. The second-order valence-electron chi connectivity index (χ2n) is 5.28. The van der Waals surface area contributed by atoms with Crippen LogP contribution in [-0.2, 0) is 11.2 Å². The molecule has 3 rings (SSSR count). The van der Waals surface area contributed by atoms with Gasteiger partial charge in [-0.3, -0.25) is 4.79 Å². The van der Waals surface area contributed by atoms with Crippen molar-refractivity contribution >= 4 is 11.5 Å². The van der Waals surface area contributed by atoms with Gasteiger partial charge in [0.2, 0.25) is 0 Å². The minimum Gasteiger partial charge on any atom is -0.493 e. The van der Waals surface area contributed by atoms with Crippen molar-refractivity contribution in [1.29, 1.82) is 0 Å². The molecular formula is C16H19NO3. The van der Waals surface area contributed by atoms with E-state index in [1.165, 1.54) is 5.56 Å². The van der Waals surface area contributed by atoms with Crippen LogP contribution in [0.15, 0.2) is 18.2 Å². The Balaban J connectivity index is 2.00. The molecule has 4 heteroatoms. The summed E-state index contributed by atoms with van der Waals surface area (Å²) in [4.78, 5) is 12.0. The number of hydrogen-bond acceptors (Lipinski definition) is 4. The minimum atomic E-state index is 0.232. The summed E-state index contributed by atoms with van der Waals surface area (Å²) in [6, 6.07) is 3.96. The van der Waals surface area contributed by atoms with Gasteiger partial charge in [0.1, 0.15) is 0 Å². The second kappa shape index (κ2) is 5.19. The summed E-state index contributed by atoms with van der Waals surface area (Å²) in [5.41, 5.74) is 3.14. The summed E-state index contributed by atoms with van der Waals surface area (Å²) in [5, 5.41) is 3.32. The van der Waals surface area contributed by atoms with E-state index in [4.69, 9.17) is 9.47 Å². The Bertz CT molecular complexity index is 573. The first-order chi connectivity index (χ1) is 9.72. The number of benzene rings is 1. The van der Waals surface area contributed by atoms with Crippen molar-refractivity contribution in [3.05, 3.63) is 29.3 Å². The molecule has 1 heterocycles. The fourth-order valence-electron chi connectivity index (χ4n) is 2.56. The standard InChI is InChI=1S/C16H19NO3/c1-19-15-7-11-5-6-17-13(9-14(18)10-3-4-10)12(11)8-16(15)20-2/h7-10,17H,3-6H2,1-2H3. The van der Waals surface area contributed by atoms with E-state index < -0.39 is 0 Å². The largest absolute Gasteiger partial charge is 0.493 e. The molecule has 1 aromatic carbocycles. The Morgan fingerprint density at radius 3 is 2.60 bits per heavy atom. The molecule has 1 aliphatic heterocycles. The SMILES string of the molecule is COc1cc2c(cc1OC)C(=CC(=O)C1CC1)NCC2. The Morgan fingerprint density at radius 2 is 1.95 bits per heavy atom. The van der Waals surface area contributed by atoms with Crippen LogP contribution in [0.25, 0.3) is 5.70 Å². The highest BCUT2D eigenvalue weighted by Gasteiger charge is 2.29. The number of methoxy groups -OCH3 is 2. The summed E-state index contributed by atoms with van der Waals surface area (Å²) in [7, 11) is 3.26. The highest BCUT2D eigenvalue weighted by molar-refractivity contribution is 5.99. The number of hydrogen-bond donors (Lipinski definition) is 1. The van der Waals surface area contributed by atoms with E-state index >= 15 is 0 Å². The van der Waals surface area contributed by atoms with Crippen molar-refractivity contribution in [1.82, 2.24) is 5.32 Å². The molecule has 0 radical (unpaired) electrons. The van der Waals surface area contributed by atoms with Gasteiger partial charge in [-0.1, -0.05) is 0 Å². The zero-order chi connectivity index (χ0) is 14.1. The van der Waals surface area contributed by atoms with Gasteiger partial charge in [0, 0.05) is 29.8 Å². The zero-order valence-corrected chi connectivity index (χ0v) is 11.9. The predicted molar refractivity (Wildman–Crippen MR) is 77.0 cm³/mol. The monoisotopic (exact) mass is 273 g/mol. The fraction of sp³-hybridized carbons (Fsp3) is 0.438. The highest BCUT2D eigenvalue weighted by atomic mass is 16.5. The maximum atomic E-state index is 12.0. The molecule has 0 spiro atoms. The first kappa shape index (κ1) is 13.0. The molecule has 1 aliphatic carbocycles. The summed E-state index contributed by atoms with van der Waals surface area (Å²) in [6.07, 6.45) is 4.73. The number of carbonyl (C=O) groups excluding carboxylic acids is 1. The van der Waals surface area contributed by atoms with Crippen LogP contribution in [0.3, 0.4) is 0 Å². The topological polar surface area (TPSA) is 47.6 Å². The van der Waals surface area contributed by atoms with Gasteiger partial charge >= 0.3 is 0 Å². The van der Waals surface area contributed by atoms with Crippen molar-refractivity contribution in [3.8, 4) is 11.5 Å². The lowest BCUT2D eigenvalue weighted by Gasteiger charge is -2.23. The molecule has 1 fully saturated rings. The molecule has 0 bridgehead atoms. The Hall–Kier alpha value is -1.97. The Morgan fingerprint density at radius 1 is 1.25 bits per heavy atom. The predicted octanol–water partition coefficient (Wildman–Crippen LogP) is 2.17.